The Morgan fingerprint density at radius 1 is 1.20 bits per heavy atom. The predicted octanol–water partition coefficient (Wildman–Crippen LogP) is 5.78. The smallest absolute Gasteiger partial charge is 0.257 e. The number of benzene rings is 1. The predicted molar refractivity (Wildman–Crippen MR) is 123 cm³/mol. The minimum Gasteiger partial charge on any atom is -0.343 e. The van der Waals surface area contributed by atoms with Crippen LogP contribution in [0.4, 0.5) is 5.82 Å². The summed E-state index contributed by atoms with van der Waals surface area (Å²) in [6, 6.07) is 5.26. The molecule has 2 heterocycles. The zero-order chi connectivity index (χ0) is 21.6. The standard InChI is InChI=1S/C22H23Cl2N3O2S/c1-4-7-30-21-26-19-18(20(29)27-21)16(11-5-6-12(23)13(24)8-11)17-14(25-19)9-22(2,3)10-15(17)28/h5-6,8,16H,4,7,9-10H2,1-3H3,(H2,25,26,27,29). The summed E-state index contributed by atoms with van der Waals surface area (Å²) in [5, 5.41) is 4.72. The Bertz CT molecular complexity index is 1120. The van der Waals surface area contributed by atoms with Gasteiger partial charge >= 0.3 is 0 Å². The van der Waals surface area contributed by atoms with Gasteiger partial charge in [-0.2, -0.15) is 0 Å². The molecule has 2 N–H and O–H groups in total. The second-order valence-corrected chi connectivity index (χ2v) is 10.4. The number of anilines is 1. The van der Waals surface area contributed by atoms with Crippen molar-refractivity contribution < 1.29 is 4.79 Å². The van der Waals surface area contributed by atoms with Crippen LogP contribution in [0.2, 0.25) is 10.0 Å². The van der Waals surface area contributed by atoms with Gasteiger partial charge in [0.05, 0.1) is 15.6 Å². The number of aromatic nitrogens is 2. The van der Waals surface area contributed by atoms with E-state index >= 15 is 0 Å². The summed E-state index contributed by atoms with van der Waals surface area (Å²) in [6.45, 7) is 6.23. The van der Waals surface area contributed by atoms with E-state index in [0.717, 1.165) is 23.4 Å². The lowest BCUT2D eigenvalue weighted by atomic mass is 9.69. The van der Waals surface area contributed by atoms with Crippen LogP contribution in [0.1, 0.15) is 57.1 Å². The maximum Gasteiger partial charge on any atom is 0.257 e. The summed E-state index contributed by atoms with van der Waals surface area (Å²) in [5.74, 6) is 0.880. The first-order valence-corrected chi connectivity index (χ1v) is 11.7. The first-order valence-electron chi connectivity index (χ1n) is 9.95. The van der Waals surface area contributed by atoms with Crippen LogP contribution in [0, 0.1) is 5.41 Å². The van der Waals surface area contributed by atoms with E-state index in [1.54, 1.807) is 12.1 Å². The van der Waals surface area contributed by atoms with Crippen molar-refractivity contribution in [1.82, 2.24) is 9.97 Å². The van der Waals surface area contributed by atoms with Crippen LogP contribution in [0.5, 0.6) is 0 Å². The number of carbonyl (C=O) groups is 1. The van der Waals surface area contributed by atoms with E-state index in [0.29, 0.717) is 45.0 Å². The minimum absolute atomic E-state index is 0.0410. The average molecular weight is 464 g/mol. The Hall–Kier alpha value is -1.76. The quantitative estimate of drug-likeness (QED) is 0.443. The number of allylic oxidation sites excluding steroid dienone is 2. The summed E-state index contributed by atoms with van der Waals surface area (Å²) in [6.07, 6.45) is 2.11. The molecule has 5 nitrogen and oxygen atoms in total. The lowest BCUT2D eigenvalue weighted by Gasteiger charge is -2.38. The van der Waals surface area contributed by atoms with Crippen molar-refractivity contribution in [3.8, 4) is 0 Å². The van der Waals surface area contributed by atoms with Gasteiger partial charge in [-0.3, -0.25) is 9.59 Å². The lowest BCUT2D eigenvalue weighted by molar-refractivity contribution is -0.118. The number of aromatic amines is 1. The highest BCUT2D eigenvalue weighted by atomic mass is 35.5. The van der Waals surface area contributed by atoms with Gasteiger partial charge in [-0.15, -0.1) is 0 Å². The van der Waals surface area contributed by atoms with Gasteiger partial charge in [-0.1, -0.05) is 61.8 Å². The van der Waals surface area contributed by atoms with Crippen LogP contribution in [0.25, 0.3) is 0 Å². The number of rotatable bonds is 4. The Morgan fingerprint density at radius 3 is 2.67 bits per heavy atom. The number of nitrogens with zero attached hydrogens (tertiary/aromatic N) is 1. The molecule has 0 spiro atoms. The molecule has 0 amide bonds. The number of thioether (sulfide) groups is 1. The van der Waals surface area contributed by atoms with E-state index < -0.39 is 5.92 Å². The largest absolute Gasteiger partial charge is 0.343 e. The topological polar surface area (TPSA) is 74.8 Å². The number of H-pyrrole nitrogens is 1. The number of carbonyl (C=O) groups excluding carboxylic acids is 1. The first-order chi connectivity index (χ1) is 14.2. The molecule has 1 aromatic carbocycles. The molecule has 1 atom stereocenters. The van der Waals surface area contributed by atoms with Gasteiger partial charge < -0.3 is 10.3 Å². The highest BCUT2D eigenvalue weighted by Crippen LogP contribution is 2.48. The minimum atomic E-state index is -0.531. The molecule has 1 unspecified atom stereocenters. The van der Waals surface area contributed by atoms with Gasteiger partial charge in [0.2, 0.25) is 0 Å². The number of Topliss-reactive ketones (excluding diaryl/α,β-unsaturated/α-hetero) is 1. The molecule has 2 aliphatic rings. The molecule has 0 fully saturated rings. The van der Waals surface area contributed by atoms with Crippen molar-refractivity contribution in [3.63, 3.8) is 0 Å². The number of halogens is 2. The number of ketones is 1. The molecule has 0 saturated heterocycles. The van der Waals surface area contributed by atoms with Crippen molar-refractivity contribution in [2.75, 3.05) is 11.1 Å². The van der Waals surface area contributed by atoms with Gasteiger partial charge in [0.1, 0.15) is 5.82 Å². The SMILES string of the molecule is CCCSc1nc2c(c(=O)[nH]1)C(c1ccc(Cl)c(Cl)c1)C1=C(CC(C)(C)CC1=O)N2. The molecular formula is C22H23Cl2N3O2S. The maximum absolute atomic E-state index is 13.2. The third-order valence-electron chi connectivity index (χ3n) is 5.42. The van der Waals surface area contributed by atoms with Crippen LogP contribution in [0.15, 0.2) is 39.4 Å². The van der Waals surface area contributed by atoms with E-state index in [4.69, 9.17) is 23.2 Å². The first kappa shape index (κ1) is 21.5. The third-order valence-corrected chi connectivity index (χ3v) is 7.24. The molecule has 158 valence electrons. The molecule has 1 aliphatic carbocycles. The fourth-order valence-electron chi connectivity index (χ4n) is 4.19. The summed E-state index contributed by atoms with van der Waals surface area (Å²) >= 11 is 13.9. The number of hydrogen-bond donors (Lipinski definition) is 2. The van der Waals surface area contributed by atoms with Crippen molar-refractivity contribution in [3.05, 3.63) is 61.0 Å². The van der Waals surface area contributed by atoms with Gasteiger partial charge in [0.25, 0.3) is 5.56 Å². The van der Waals surface area contributed by atoms with E-state index in [9.17, 15) is 9.59 Å². The van der Waals surface area contributed by atoms with Crippen molar-refractivity contribution >= 4 is 46.6 Å². The zero-order valence-corrected chi connectivity index (χ0v) is 19.4. The van der Waals surface area contributed by atoms with Crippen LogP contribution in [-0.4, -0.2) is 21.5 Å². The van der Waals surface area contributed by atoms with Crippen molar-refractivity contribution in [1.29, 1.82) is 0 Å². The van der Waals surface area contributed by atoms with E-state index in [-0.39, 0.29) is 16.8 Å². The van der Waals surface area contributed by atoms with Crippen LogP contribution < -0.4 is 10.9 Å². The summed E-state index contributed by atoms with van der Waals surface area (Å²) < 4.78 is 0. The van der Waals surface area contributed by atoms with E-state index in [1.807, 2.05) is 6.07 Å². The molecule has 0 bridgehead atoms. The molecule has 2 aromatic rings. The summed E-state index contributed by atoms with van der Waals surface area (Å²) in [7, 11) is 0. The highest BCUT2D eigenvalue weighted by Gasteiger charge is 2.42. The number of hydrogen-bond acceptors (Lipinski definition) is 5. The molecule has 8 heteroatoms. The fraction of sp³-hybridized carbons (Fsp3) is 0.409. The molecule has 1 aromatic heterocycles. The van der Waals surface area contributed by atoms with Crippen molar-refractivity contribution in [2.24, 2.45) is 5.41 Å². The second kappa shape index (κ2) is 8.06. The Kier molecular flexibility index (Phi) is 5.77. The summed E-state index contributed by atoms with van der Waals surface area (Å²) in [4.78, 5) is 33.9. The van der Waals surface area contributed by atoms with Gasteiger partial charge in [-0.25, -0.2) is 4.98 Å². The van der Waals surface area contributed by atoms with Crippen LogP contribution >= 0.6 is 35.0 Å². The van der Waals surface area contributed by atoms with Gasteiger partial charge in [0, 0.05) is 29.4 Å². The highest BCUT2D eigenvalue weighted by molar-refractivity contribution is 7.99. The van der Waals surface area contributed by atoms with E-state index in [2.05, 4.69) is 36.1 Å². The molecule has 0 saturated carbocycles. The molecule has 4 rings (SSSR count). The van der Waals surface area contributed by atoms with Crippen LogP contribution in [0.3, 0.4) is 0 Å². The second-order valence-electron chi connectivity index (χ2n) is 8.55. The average Bonchev–Trinajstić information content (AvgIpc) is 2.66. The molecule has 30 heavy (non-hydrogen) atoms. The normalized spacial score (nSPS) is 19.9. The third kappa shape index (κ3) is 3.93. The Labute approximate surface area is 189 Å². The number of fused-ring (bicyclic) bond motifs is 1. The van der Waals surface area contributed by atoms with Gasteiger partial charge in [-0.05, 0) is 36.0 Å². The lowest BCUT2D eigenvalue weighted by Crippen LogP contribution is -2.37. The summed E-state index contributed by atoms with van der Waals surface area (Å²) in [5.41, 5.74) is 2.26. The Morgan fingerprint density at radius 2 is 1.97 bits per heavy atom. The van der Waals surface area contributed by atoms with Crippen LogP contribution in [-0.2, 0) is 4.79 Å². The van der Waals surface area contributed by atoms with E-state index in [1.165, 1.54) is 11.8 Å². The van der Waals surface area contributed by atoms with Gasteiger partial charge in [0.15, 0.2) is 10.9 Å². The molecule has 1 aliphatic heterocycles. The molecule has 0 radical (unpaired) electrons. The Balaban J connectivity index is 1.93. The fourth-order valence-corrected chi connectivity index (χ4v) is 5.21. The van der Waals surface area contributed by atoms with Crippen molar-refractivity contribution in [2.45, 2.75) is 51.1 Å². The number of nitrogens with one attached hydrogen (secondary N) is 2. The monoisotopic (exact) mass is 463 g/mol. The zero-order valence-electron chi connectivity index (χ0n) is 17.1. The molecular weight excluding hydrogens is 441 g/mol. The maximum atomic E-state index is 13.2.